The quantitative estimate of drug-likeness (QED) is 0.497. The van der Waals surface area contributed by atoms with Crippen LogP contribution in [0.25, 0.3) is 11.3 Å². The maximum Gasteiger partial charge on any atom is 0.239 e. The summed E-state index contributed by atoms with van der Waals surface area (Å²) in [6.07, 6.45) is 2.26. The maximum absolute atomic E-state index is 13.0. The molecular formula is C25H28FN5O3. The van der Waals surface area contributed by atoms with Crippen molar-refractivity contribution < 1.29 is 18.4 Å². The van der Waals surface area contributed by atoms with Crippen molar-refractivity contribution in [2.45, 2.75) is 19.3 Å². The largest absolute Gasteiger partial charge is 0.441 e. The normalized spacial score (nSPS) is 14.1. The van der Waals surface area contributed by atoms with Crippen molar-refractivity contribution in [3.8, 4) is 11.3 Å². The fourth-order valence-electron chi connectivity index (χ4n) is 3.79. The SMILES string of the molecule is O=C(CCc1ncc(-c2ccc(F)cc2)o1)NNC(=O)CCN1CCN(c2ccccc2)CC1. The fraction of sp³-hybridized carbons (Fsp3) is 0.320. The summed E-state index contributed by atoms with van der Waals surface area (Å²) in [7, 11) is 0. The molecule has 1 aliphatic heterocycles. The zero-order valence-corrected chi connectivity index (χ0v) is 18.9. The molecule has 0 spiro atoms. The minimum Gasteiger partial charge on any atom is -0.441 e. The Hall–Kier alpha value is -3.72. The lowest BCUT2D eigenvalue weighted by Gasteiger charge is -2.36. The molecule has 2 N–H and O–H groups in total. The van der Waals surface area contributed by atoms with Gasteiger partial charge in [-0.05, 0) is 36.4 Å². The molecule has 1 saturated heterocycles. The highest BCUT2D eigenvalue weighted by atomic mass is 19.1. The molecule has 0 atom stereocenters. The summed E-state index contributed by atoms with van der Waals surface area (Å²) in [6, 6.07) is 16.2. The second-order valence-corrected chi connectivity index (χ2v) is 8.14. The smallest absolute Gasteiger partial charge is 0.239 e. The van der Waals surface area contributed by atoms with Crippen molar-refractivity contribution >= 4 is 17.5 Å². The van der Waals surface area contributed by atoms with Gasteiger partial charge in [0.2, 0.25) is 11.8 Å². The Kier molecular flexibility index (Phi) is 7.87. The van der Waals surface area contributed by atoms with E-state index in [1.54, 1.807) is 18.3 Å². The van der Waals surface area contributed by atoms with Crippen molar-refractivity contribution in [1.82, 2.24) is 20.7 Å². The van der Waals surface area contributed by atoms with E-state index < -0.39 is 0 Å². The zero-order chi connectivity index (χ0) is 23.8. The summed E-state index contributed by atoms with van der Waals surface area (Å²) in [4.78, 5) is 32.9. The lowest BCUT2D eigenvalue weighted by molar-refractivity contribution is -0.129. The van der Waals surface area contributed by atoms with E-state index in [0.717, 1.165) is 26.2 Å². The zero-order valence-electron chi connectivity index (χ0n) is 18.9. The number of benzene rings is 2. The number of oxazole rings is 1. The van der Waals surface area contributed by atoms with Gasteiger partial charge in [-0.15, -0.1) is 0 Å². The number of aromatic nitrogens is 1. The average Bonchev–Trinajstić information content (AvgIpc) is 3.35. The Labute approximate surface area is 197 Å². The molecule has 0 unspecified atom stereocenters. The molecule has 1 aromatic heterocycles. The molecule has 3 aromatic rings. The molecule has 178 valence electrons. The summed E-state index contributed by atoms with van der Waals surface area (Å²) < 4.78 is 18.7. The van der Waals surface area contributed by atoms with Crippen LogP contribution >= 0.6 is 0 Å². The van der Waals surface area contributed by atoms with Gasteiger partial charge < -0.3 is 9.32 Å². The molecule has 1 fully saturated rings. The number of anilines is 1. The van der Waals surface area contributed by atoms with Crippen LogP contribution in [0.15, 0.2) is 65.2 Å². The van der Waals surface area contributed by atoms with Crippen LogP contribution in [0, 0.1) is 5.82 Å². The number of hydrogen-bond acceptors (Lipinski definition) is 6. The van der Waals surface area contributed by atoms with Crippen molar-refractivity contribution in [2.75, 3.05) is 37.6 Å². The third-order valence-electron chi connectivity index (χ3n) is 5.74. The second kappa shape index (κ2) is 11.4. The van der Waals surface area contributed by atoms with Crippen LogP contribution in [0.3, 0.4) is 0 Å². The lowest BCUT2D eigenvalue weighted by Crippen LogP contribution is -2.48. The fourth-order valence-corrected chi connectivity index (χ4v) is 3.79. The van der Waals surface area contributed by atoms with Gasteiger partial charge in [-0.2, -0.15) is 0 Å². The molecule has 0 bridgehead atoms. The van der Waals surface area contributed by atoms with E-state index in [4.69, 9.17) is 4.42 Å². The van der Waals surface area contributed by atoms with E-state index >= 15 is 0 Å². The second-order valence-electron chi connectivity index (χ2n) is 8.14. The molecule has 34 heavy (non-hydrogen) atoms. The highest BCUT2D eigenvalue weighted by molar-refractivity contribution is 5.82. The van der Waals surface area contributed by atoms with Gasteiger partial charge in [0.15, 0.2) is 11.7 Å². The minimum atomic E-state index is -0.327. The van der Waals surface area contributed by atoms with E-state index in [-0.39, 0.29) is 30.5 Å². The number of nitrogens with zero attached hydrogens (tertiary/aromatic N) is 3. The summed E-state index contributed by atoms with van der Waals surface area (Å²) in [5.74, 6) is 0.0246. The van der Waals surface area contributed by atoms with Crippen molar-refractivity contribution in [3.05, 3.63) is 72.5 Å². The van der Waals surface area contributed by atoms with Gasteiger partial charge >= 0.3 is 0 Å². The van der Waals surface area contributed by atoms with Crippen molar-refractivity contribution in [2.24, 2.45) is 0 Å². The predicted molar refractivity (Wildman–Crippen MR) is 126 cm³/mol. The summed E-state index contributed by atoms with van der Waals surface area (Å²) >= 11 is 0. The Morgan fingerprint density at radius 1 is 0.912 bits per heavy atom. The van der Waals surface area contributed by atoms with Crippen LogP contribution in [0.2, 0.25) is 0 Å². The first kappa shape index (κ1) is 23.4. The summed E-state index contributed by atoms with van der Waals surface area (Å²) in [5.41, 5.74) is 6.83. The molecule has 2 amide bonds. The number of para-hydroxylation sites is 1. The molecule has 8 nitrogen and oxygen atoms in total. The van der Waals surface area contributed by atoms with Gasteiger partial charge in [-0.1, -0.05) is 18.2 Å². The predicted octanol–water partition coefficient (Wildman–Crippen LogP) is 2.77. The highest BCUT2D eigenvalue weighted by Gasteiger charge is 2.18. The van der Waals surface area contributed by atoms with E-state index in [1.165, 1.54) is 17.8 Å². The average molecular weight is 466 g/mol. The van der Waals surface area contributed by atoms with Gasteiger partial charge in [-0.3, -0.25) is 25.3 Å². The number of amides is 2. The maximum atomic E-state index is 13.0. The number of hydrogen-bond donors (Lipinski definition) is 2. The number of nitrogens with one attached hydrogen (secondary N) is 2. The highest BCUT2D eigenvalue weighted by Crippen LogP contribution is 2.21. The molecule has 0 saturated carbocycles. The van der Waals surface area contributed by atoms with Gasteiger partial charge in [0, 0.05) is 63.2 Å². The number of halogens is 1. The molecular weight excluding hydrogens is 437 g/mol. The number of rotatable bonds is 8. The first-order valence-electron chi connectivity index (χ1n) is 11.4. The monoisotopic (exact) mass is 465 g/mol. The molecule has 4 rings (SSSR count). The van der Waals surface area contributed by atoms with Crippen LogP contribution in [0.4, 0.5) is 10.1 Å². The van der Waals surface area contributed by atoms with Gasteiger partial charge in [0.25, 0.3) is 0 Å². The standard InChI is InChI=1S/C25H28FN5O3/c26-20-8-6-19(7-9-20)22-18-27-25(34-22)11-10-23(32)28-29-24(33)12-13-30-14-16-31(17-15-30)21-4-2-1-3-5-21/h1-9,18H,10-17H2,(H,28,32)(H,29,33). The van der Waals surface area contributed by atoms with Gasteiger partial charge in [0.05, 0.1) is 6.20 Å². The minimum absolute atomic E-state index is 0.116. The summed E-state index contributed by atoms with van der Waals surface area (Å²) in [6.45, 7) is 4.28. The van der Waals surface area contributed by atoms with Crippen LogP contribution in [0.5, 0.6) is 0 Å². The Morgan fingerprint density at radius 3 is 2.29 bits per heavy atom. The first-order chi connectivity index (χ1) is 16.6. The Balaban J connectivity index is 1.11. The van der Waals surface area contributed by atoms with Crippen LogP contribution in [-0.2, 0) is 16.0 Å². The third kappa shape index (κ3) is 6.64. The Morgan fingerprint density at radius 2 is 1.59 bits per heavy atom. The molecule has 0 radical (unpaired) electrons. The number of carbonyl (C=O) groups is 2. The third-order valence-corrected chi connectivity index (χ3v) is 5.74. The lowest BCUT2D eigenvalue weighted by atomic mass is 10.2. The summed E-state index contributed by atoms with van der Waals surface area (Å²) in [5, 5.41) is 0. The topological polar surface area (TPSA) is 90.7 Å². The van der Waals surface area contributed by atoms with Crippen molar-refractivity contribution in [1.29, 1.82) is 0 Å². The molecule has 9 heteroatoms. The molecule has 2 aromatic carbocycles. The number of aryl methyl sites for hydroxylation is 1. The number of piperazine rings is 1. The van der Waals surface area contributed by atoms with Crippen LogP contribution in [0.1, 0.15) is 18.7 Å². The van der Waals surface area contributed by atoms with Gasteiger partial charge in [0.1, 0.15) is 5.82 Å². The Bertz CT molecular complexity index is 1080. The first-order valence-corrected chi connectivity index (χ1v) is 11.4. The van der Waals surface area contributed by atoms with Crippen molar-refractivity contribution in [3.63, 3.8) is 0 Å². The number of hydrazine groups is 1. The van der Waals surface area contributed by atoms with Crippen LogP contribution in [-0.4, -0.2) is 54.4 Å². The van der Waals surface area contributed by atoms with E-state index in [1.807, 2.05) is 18.2 Å². The molecule has 1 aliphatic rings. The molecule has 2 heterocycles. The van der Waals surface area contributed by atoms with E-state index in [0.29, 0.717) is 30.2 Å². The van der Waals surface area contributed by atoms with E-state index in [9.17, 15) is 14.0 Å². The molecule has 0 aliphatic carbocycles. The van der Waals surface area contributed by atoms with Crippen LogP contribution < -0.4 is 15.8 Å². The van der Waals surface area contributed by atoms with E-state index in [2.05, 4.69) is 37.8 Å². The van der Waals surface area contributed by atoms with Gasteiger partial charge in [-0.25, -0.2) is 9.37 Å². The number of carbonyl (C=O) groups excluding carboxylic acids is 2.